The third kappa shape index (κ3) is 4.83. The van der Waals surface area contributed by atoms with Crippen LogP contribution < -0.4 is 5.32 Å². The molecule has 2 rings (SSSR count). The van der Waals surface area contributed by atoms with Gasteiger partial charge in [0.2, 0.25) is 5.91 Å². The zero-order valence-corrected chi connectivity index (χ0v) is 14.3. The van der Waals surface area contributed by atoms with E-state index in [1.54, 1.807) is 0 Å². The van der Waals surface area contributed by atoms with Crippen LogP contribution in [0.2, 0.25) is 0 Å². The number of nitrogens with zero attached hydrogens (tertiary/aromatic N) is 2. The van der Waals surface area contributed by atoms with Crippen molar-refractivity contribution in [2.45, 2.75) is 72.1 Å². The largest absolute Gasteiger partial charge is 0.368 e. The molecule has 1 aliphatic carbocycles. The van der Waals surface area contributed by atoms with Gasteiger partial charge in [0.1, 0.15) is 6.61 Å². The molecule has 0 bridgehead atoms. The average molecular weight is 307 g/mol. The fourth-order valence-corrected chi connectivity index (χ4v) is 3.19. The summed E-state index contributed by atoms with van der Waals surface area (Å²) < 4.78 is 7.74. The molecule has 3 atom stereocenters. The number of aryl methyl sites for hydroxylation is 2. The average Bonchev–Trinajstić information content (AvgIpc) is 2.75. The molecule has 0 unspecified atom stereocenters. The predicted octanol–water partition coefficient (Wildman–Crippen LogP) is 2.60. The Balaban J connectivity index is 1.73. The third-order valence-electron chi connectivity index (χ3n) is 4.42. The highest BCUT2D eigenvalue weighted by Crippen LogP contribution is 2.26. The second-order valence-electron chi connectivity index (χ2n) is 6.69. The normalized spacial score (nSPS) is 23.3. The molecule has 22 heavy (non-hydrogen) atoms. The maximum absolute atomic E-state index is 12.0. The van der Waals surface area contributed by atoms with E-state index in [4.69, 9.17) is 4.74 Å². The van der Waals surface area contributed by atoms with Crippen LogP contribution >= 0.6 is 0 Å². The smallest absolute Gasteiger partial charge is 0.246 e. The number of carbonyl (C=O) groups is 1. The number of carbonyl (C=O) groups excluding carboxylic acids is 1. The Morgan fingerprint density at radius 1 is 1.45 bits per heavy atom. The molecule has 1 saturated carbocycles. The monoisotopic (exact) mass is 307 g/mol. The van der Waals surface area contributed by atoms with Crippen molar-refractivity contribution < 1.29 is 9.53 Å². The van der Waals surface area contributed by atoms with Crippen LogP contribution in [0.5, 0.6) is 0 Å². The van der Waals surface area contributed by atoms with Crippen molar-refractivity contribution in [2.24, 2.45) is 5.92 Å². The van der Waals surface area contributed by atoms with Gasteiger partial charge in [-0.05, 0) is 45.6 Å². The van der Waals surface area contributed by atoms with Crippen LogP contribution in [0.4, 0.5) is 0 Å². The van der Waals surface area contributed by atoms with E-state index >= 15 is 0 Å². The van der Waals surface area contributed by atoms with Crippen molar-refractivity contribution in [3.05, 3.63) is 17.5 Å². The molecule has 0 radical (unpaired) electrons. The van der Waals surface area contributed by atoms with Gasteiger partial charge in [-0.3, -0.25) is 9.48 Å². The fourth-order valence-electron chi connectivity index (χ4n) is 3.19. The maximum atomic E-state index is 12.0. The SMILES string of the molecule is Cc1cc(C)n(C[C@H](C)NC(=O)CO[C@@H]2CCCC[C@@H]2C)n1. The molecule has 1 fully saturated rings. The first-order valence-electron chi connectivity index (χ1n) is 8.37. The number of aromatic nitrogens is 2. The molecule has 1 aromatic rings. The number of hydrogen-bond donors (Lipinski definition) is 1. The van der Waals surface area contributed by atoms with Crippen LogP contribution in [0.15, 0.2) is 6.07 Å². The minimum absolute atomic E-state index is 0.0354. The number of rotatable bonds is 6. The van der Waals surface area contributed by atoms with Crippen LogP contribution in [0, 0.1) is 19.8 Å². The topological polar surface area (TPSA) is 56.2 Å². The van der Waals surface area contributed by atoms with Gasteiger partial charge in [-0.15, -0.1) is 0 Å². The van der Waals surface area contributed by atoms with Gasteiger partial charge in [0.05, 0.1) is 18.3 Å². The Morgan fingerprint density at radius 3 is 2.82 bits per heavy atom. The van der Waals surface area contributed by atoms with Crippen LogP contribution in [-0.4, -0.2) is 34.4 Å². The highest BCUT2D eigenvalue weighted by Gasteiger charge is 2.22. The highest BCUT2D eigenvalue weighted by atomic mass is 16.5. The first kappa shape index (κ1) is 17.0. The molecular formula is C17H29N3O2. The van der Waals surface area contributed by atoms with Crippen molar-refractivity contribution in [1.82, 2.24) is 15.1 Å². The van der Waals surface area contributed by atoms with E-state index in [0.29, 0.717) is 12.5 Å². The van der Waals surface area contributed by atoms with Gasteiger partial charge in [0.15, 0.2) is 0 Å². The molecule has 1 N–H and O–H groups in total. The Hall–Kier alpha value is -1.36. The Kier molecular flexibility index (Phi) is 6.00. The predicted molar refractivity (Wildman–Crippen MR) is 86.7 cm³/mol. The van der Waals surface area contributed by atoms with Crippen molar-refractivity contribution in [3.63, 3.8) is 0 Å². The summed E-state index contributed by atoms with van der Waals surface area (Å²) in [5, 5.41) is 7.42. The number of ether oxygens (including phenoxy) is 1. The lowest BCUT2D eigenvalue weighted by molar-refractivity contribution is -0.130. The summed E-state index contributed by atoms with van der Waals surface area (Å²) in [7, 11) is 0. The third-order valence-corrected chi connectivity index (χ3v) is 4.42. The lowest BCUT2D eigenvalue weighted by atomic mass is 9.88. The van der Waals surface area contributed by atoms with E-state index in [9.17, 15) is 4.79 Å². The molecule has 0 aliphatic heterocycles. The molecular weight excluding hydrogens is 278 g/mol. The summed E-state index contributed by atoms with van der Waals surface area (Å²) >= 11 is 0. The zero-order valence-electron chi connectivity index (χ0n) is 14.3. The summed E-state index contributed by atoms with van der Waals surface area (Å²) in [5.74, 6) is 0.528. The number of amides is 1. The molecule has 0 aromatic carbocycles. The summed E-state index contributed by atoms with van der Waals surface area (Å²) in [5.41, 5.74) is 2.12. The zero-order chi connectivity index (χ0) is 16.1. The van der Waals surface area contributed by atoms with Gasteiger partial charge in [-0.25, -0.2) is 0 Å². The van der Waals surface area contributed by atoms with Gasteiger partial charge >= 0.3 is 0 Å². The van der Waals surface area contributed by atoms with Gasteiger partial charge in [0.25, 0.3) is 0 Å². The van der Waals surface area contributed by atoms with Crippen LogP contribution in [-0.2, 0) is 16.1 Å². The summed E-state index contributed by atoms with van der Waals surface area (Å²) in [6.45, 7) is 9.07. The van der Waals surface area contributed by atoms with E-state index < -0.39 is 0 Å². The van der Waals surface area contributed by atoms with E-state index in [1.807, 2.05) is 31.5 Å². The maximum Gasteiger partial charge on any atom is 0.246 e. The Morgan fingerprint density at radius 2 is 2.18 bits per heavy atom. The molecule has 1 heterocycles. The fraction of sp³-hybridized carbons (Fsp3) is 0.765. The van der Waals surface area contributed by atoms with Gasteiger partial charge in [0, 0.05) is 11.7 Å². The minimum Gasteiger partial charge on any atom is -0.368 e. The van der Waals surface area contributed by atoms with E-state index in [-0.39, 0.29) is 24.7 Å². The van der Waals surface area contributed by atoms with E-state index in [2.05, 4.69) is 17.3 Å². The summed E-state index contributed by atoms with van der Waals surface area (Å²) in [6, 6.07) is 2.08. The molecule has 5 nitrogen and oxygen atoms in total. The Bertz CT molecular complexity index is 498. The molecule has 0 saturated heterocycles. The molecule has 124 valence electrons. The molecule has 1 amide bonds. The minimum atomic E-state index is -0.0354. The molecule has 5 heteroatoms. The quantitative estimate of drug-likeness (QED) is 0.879. The van der Waals surface area contributed by atoms with Crippen LogP contribution in [0.1, 0.15) is 50.9 Å². The lowest BCUT2D eigenvalue weighted by Crippen LogP contribution is -2.39. The van der Waals surface area contributed by atoms with Crippen LogP contribution in [0.25, 0.3) is 0 Å². The van der Waals surface area contributed by atoms with Gasteiger partial charge in [-0.1, -0.05) is 19.8 Å². The number of hydrogen-bond acceptors (Lipinski definition) is 3. The first-order chi connectivity index (χ1) is 10.5. The molecule has 0 spiro atoms. The number of nitrogens with one attached hydrogen (secondary N) is 1. The summed E-state index contributed by atoms with van der Waals surface area (Å²) in [6.07, 6.45) is 5.03. The van der Waals surface area contributed by atoms with Gasteiger partial charge < -0.3 is 10.1 Å². The highest BCUT2D eigenvalue weighted by molar-refractivity contribution is 5.77. The summed E-state index contributed by atoms with van der Waals surface area (Å²) in [4.78, 5) is 12.0. The lowest BCUT2D eigenvalue weighted by Gasteiger charge is -2.28. The second-order valence-corrected chi connectivity index (χ2v) is 6.69. The van der Waals surface area contributed by atoms with Crippen molar-refractivity contribution >= 4 is 5.91 Å². The standard InChI is InChI=1S/C17H29N3O2/c1-12-7-5-6-8-16(12)22-11-17(21)18-14(3)10-20-15(4)9-13(2)19-20/h9,12,14,16H,5-8,10-11H2,1-4H3,(H,18,21)/t12-,14-,16+/m0/s1. The second kappa shape index (κ2) is 7.77. The molecule has 1 aliphatic rings. The molecule has 1 aromatic heterocycles. The van der Waals surface area contributed by atoms with Crippen LogP contribution in [0.3, 0.4) is 0 Å². The van der Waals surface area contributed by atoms with Crippen molar-refractivity contribution in [3.8, 4) is 0 Å². The van der Waals surface area contributed by atoms with E-state index in [0.717, 1.165) is 17.8 Å². The van der Waals surface area contributed by atoms with E-state index in [1.165, 1.54) is 19.3 Å². The van der Waals surface area contributed by atoms with Crippen molar-refractivity contribution in [2.75, 3.05) is 6.61 Å². The van der Waals surface area contributed by atoms with Crippen molar-refractivity contribution in [1.29, 1.82) is 0 Å². The first-order valence-corrected chi connectivity index (χ1v) is 8.37. The van der Waals surface area contributed by atoms with Gasteiger partial charge in [-0.2, -0.15) is 5.10 Å². The Labute approximate surface area is 133 Å².